The fourth-order valence-corrected chi connectivity index (χ4v) is 2.35. The average Bonchev–Trinajstić information content (AvgIpc) is 2.11. The summed E-state index contributed by atoms with van der Waals surface area (Å²) in [7, 11) is 0. The van der Waals surface area contributed by atoms with Gasteiger partial charge in [0.1, 0.15) is 0 Å². The zero-order chi connectivity index (χ0) is 11.6. The van der Waals surface area contributed by atoms with Crippen LogP contribution in [0.25, 0.3) is 0 Å². The lowest BCUT2D eigenvalue weighted by Gasteiger charge is -2.38. The van der Waals surface area contributed by atoms with Crippen LogP contribution in [0, 0.1) is 11.3 Å². The van der Waals surface area contributed by atoms with Gasteiger partial charge in [0, 0.05) is 5.92 Å². The summed E-state index contributed by atoms with van der Waals surface area (Å²) in [5.74, 6) is 0.567. The second-order valence-corrected chi connectivity index (χ2v) is 5.40. The van der Waals surface area contributed by atoms with Crippen LogP contribution in [0.1, 0.15) is 47.5 Å². The van der Waals surface area contributed by atoms with E-state index in [0.717, 1.165) is 0 Å². The molecule has 1 heteroatoms. The van der Waals surface area contributed by atoms with Crippen LogP contribution in [0.5, 0.6) is 0 Å². The Morgan fingerprint density at radius 2 is 2.00 bits per heavy atom. The first-order chi connectivity index (χ1) is 6.84. The Hall–Kier alpha value is -0.850. The maximum Gasteiger partial charge on any atom is 0.152 e. The van der Waals surface area contributed by atoms with E-state index in [-0.39, 0.29) is 11.2 Å². The summed E-state index contributed by atoms with van der Waals surface area (Å²) in [5.41, 5.74) is 3.23. The summed E-state index contributed by atoms with van der Waals surface area (Å²) in [6.45, 7) is 10.6. The normalized spacial score (nSPS) is 26.1. The lowest BCUT2D eigenvalue weighted by atomic mass is 9.66. The molecule has 0 aromatic rings. The Bertz CT molecular complexity index is 318. The van der Waals surface area contributed by atoms with Gasteiger partial charge >= 0.3 is 0 Å². The van der Waals surface area contributed by atoms with Crippen molar-refractivity contribution in [3.63, 3.8) is 0 Å². The third kappa shape index (κ3) is 2.80. The van der Waals surface area contributed by atoms with Gasteiger partial charge in [-0.1, -0.05) is 31.1 Å². The first-order valence-electron chi connectivity index (χ1n) is 5.69. The Balaban J connectivity index is 2.99. The van der Waals surface area contributed by atoms with Gasteiger partial charge in [-0.2, -0.15) is 0 Å². The molecule has 0 fully saturated rings. The molecule has 0 spiro atoms. The Morgan fingerprint density at radius 3 is 2.53 bits per heavy atom. The lowest BCUT2D eigenvalue weighted by molar-refractivity contribution is -0.112. The van der Waals surface area contributed by atoms with Gasteiger partial charge in [-0.15, -0.1) is 0 Å². The fourth-order valence-electron chi connectivity index (χ4n) is 2.35. The van der Waals surface area contributed by atoms with E-state index >= 15 is 0 Å². The van der Waals surface area contributed by atoms with Crippen LogP contribution >= 0.6 is 0 Å². The maximum absolute atomic E-state index is 11.0. The number of rotatable bonds is 2. The number of hydrogen-bond donors (Lipinski definition) is 0. The predicted octanol–water partition coefficient (Wildman–Crippen LogP) is 3.90. The molecule has 1 nitrogen and oxygen atoms in total. The van der Waals surface area contributed by atoms with Crippen LogP contribution in [0.2, 0.25) is 0 Å². The highest BCUT2D eigenvalue weighted by Crippen LogP contribution is 2.44. The van der Waals surface area contributed by atoms with Gasteiger partial charge in [0.15, 0.2) is 5.78 Å². The molecule has 15 heavy (non-hydrogen) atoms. The van der Waals surface area contributed by atoms with Crippen molar-refractivity contribution in [2.75, 3.05) is 0 Å². The molecular formula is C14H22O. The summed E-state index contributed by atoms with van der Waals surface area (Å²) in [6.07, 6.45) is 6.21. The highest BCUT2D eigenvalue weighted by atomic mass is 16.1. The largest absolute Gasteiger partial charge is 0.295 e. The van der Waals surface area contributed by atoms with Crippen molar-refractivity contribution in [2.45, 2.75) is 47.5 Å². The van der Waals surface area contributed by atoms with Gasteiger partial charge in [-0.25, -0.2) is 0 Å². The zero-order valence-corrected chi connectivity index (χ0v) is 10.6. The maximum atomic E-state index is 11.0. The minimum absolute atomic E-state index is 0.141. The van der Waals surface area contributed by atoms with Crippen molar-refractivity contribution < 1.29 is 4.79 Å². The molecule has 0 saturated heterocycles. The van der Waals surface area contributed by atoms with Gasteiger partial charge in [-0.3, -0.25) is 4.79 Å². The van der Waals surface area contributed by atoms with E-state index in [1.54, 1.807) is 13.0 Å². The molecule has 1 rings (SSSR count). The summed E-state index contributed by atoms with van der Waals surface area (Å²) in [6, 6.07) is 0. The molecule has 0 aromatic carbocycles. The van der Waals surface area contributed by atoms with E-state index in [4.69, 9.17) is 0 Å². The number of hydrogen-bond acceptors (Lipinski definition) is 1. The monoisotopic (exact) mass is 206 g/mol. The second kappa shape index (κ2) is 4.34. The van der Waals surface area contributed by atoms with Crippen LogP contribution in [0.4, 0.5) is 0 Å². The summed E-state index contributed by atoms with van der Waals surface area (Å²) in [4.78, 5) is 11.0. The third-order valence-electron chi connectivity index (χ3n) is 3.65. The molecule has 0 N–H and O–H groups in total. The van der Waals surface area contributed by atoms with Crippen LogP contribution < -0.4 is 0 Å². The Morgan fingerprint density at radius 1 is 1.40 bits per heavy atom. The fraction of sp³-hybridized carbons (Fsp3) is 0.643. The van der Waals surface area contributed by atoms with E-state index in [9.17, 15) is 4.79 Å². The highest BCUT2D eigenvalue weighted by molar-refractivity contribution is 5.87. The molecule has 0 aromatic heterocycles. The van der Waals surface area contributed by atoms with Crippen molar-refractivity contribution in [1.82, 2.24) is 0 Å². The van der Waals surface area contributed by atoms with Gasteiger partial charge < -0.3 is 0 Å². The van der Waals surface area contributed by atoms with E-state index in [1.807, 2.05) is 0 Å². The van der Waals surface area contributed by atoms with Crippen molar-refractivity contribution in [1.29, 1.82) is 0 Å². The molecule has 0 saturated carbocycles. The van der Waals surface area contributed by atoms with Crippen LogP contribution in [-0.4, -0.2) is 5.78 Å². The number of allylic oxidation sites excluding steroid dienone is 4. The first kappa shape index (κ1) is 12.2. The van der Waals surface area contributed by atoms with Crippen molar-refractivity contribution in [3.8, 4) is 0 Å². The third-order valence-corrected chi connectivity index (χ3v) is 3.65. The molecule has 1 aliphatic carbocycles. The molecule has 1 unspecified atom stereocenters. The zero-order valence-electron chi connectivity index (χ0n) is 10.6. The smallest absolute Gasteiger partial charge is 0.152 e. The Labute approximate surface area is 93.3 Å². The predicted molar refractivity (Wildman–Crippen MR) is 64.7 cm³/mol. The summed E-state index contributed by atoms with van der Waals surface area (Å²) >= 11 is 0. The molecule has 84 valence electrons. The minimum atomic E-state index is 0.141. The van der Waals surface area contributed by atoms with Crippen LogP contribution in [0.3, 0.4) is 0 Å². The number of ketones is 1. The topological polar surface area (TPSA) is 17.1 Å². The van der Waals surface area contributed by atoms with E-state index < -0.39 is 0 Å². The van der Waals surface area contributed by atoms with E-state index in [2.05, 4.69) is 33.8 Å². The molecule has 0 radical (unpaired) electrons. The van der Waals surface area contributed by atoms with Gasteiger partial charge in [0.2, 0.25) is 0 Å². The second-order valence-electron chi connectivity index (χ2n) is 5.40. The standard InChI is InChI=1S/C14H22O/c1-10-8-9-14(4,5)13(12(10)3)7-6-11(2)15/h6-7,13H,8-9H2,1-5H3/b7-6+. The van der Waals surface area contributed by atoms with E-state index in [0.29, 0.717) is 5.92 Å². The molecule has 0 heterocycles. The van der Waals surface area contributed by atoms with Crippen molar-refractivity contribution in [3.05, 3.63) is 23.3 Å². The van der Waals surface area contributed by atoms with Crippen LogP contribution in [0.15, 0.2) is 23.3 Å². The van der Waals surface area contributed by atoms with Crippen LogP contribution in [-0.2, 0) is 4.79 Å². The number of carbonyl (C=O) groups is 1. The van der Waals surface area contributed by atoms with Gasteiger partial charge in [0.25, 0.3) is 0 Å². The summed E-state index contributed by atoms with van der Waals surface area (Å²) < 4.78 is 0. The molecule has 0 bridgehead atoms. The minimum Gasteiger partial charge on any atom is -0.295 e. The van der Waals surface area contributed by atoms with E-state index in [1.165, 1.54) is 24.0 Å². The van der Waals surface area contributed by atoms with Crippen molar-refractivity contribution >= 4 is 5.78 Å². The number of carbonyl (C=O) groups excluding carboxylic acids is 1. The molecule has 1 aliphatic rings. The van der Waals surface area contributed by atoms with Crippen molar-refractivity contribution in [2.24, 2.45) is 11.3 Å². The molecule has 0 amide bonds. The molecular weight excluding hydrogens is 184 g/mol. The Kier molecular flexibility index (Phi) is 3.54. The van der Waals surface area contributed by atoms with Gasteiger partial charge in [-0.05, 0) is 45.1 Å². The summed E-state index contributed by atoms with van der Waals surface area (Å²) in [5, 5.41) is 0. The average molecular weight is 206 g/mol. The first-order valence-corrected chi connectivity index (χ1v) is 5.69. The molecule has 0 aliphatic heterocycles. The quantitative estimate of drug-likeness (QED) is 0.494. The lowest BCUT2D eigenvalue weighted by Crippen LogP contribution is -2.27. The molecule has 1 atom stereocenters. The highest BCUT2D eigenvalue weighted by Gasteiger charge is 2.32. The van der Waals surface area contributed by atoms with Gasteiger partial charge in [0.05, 0.1) is 0 Å². The SMILES string of the molecule is CC(=O)/C=C/C1C(C)=C(C)CCC1(C)C.